The molecule has 0 bridgehead atoms. The molecule has 0 radical (unpaired) electrons. The summed E-state index contributed by atoms with van der Waals surface area (Å²) in [7, 11) is 1.59. The Morgan fingerprint density at radius 2 is 2.44 bits per heavy atom. The average Bonchev–Trinajstić information content (AvgIpc) is 2.47. The van der Waals surface area contributed by atoms with E-state index in [0.29, 0.717) is 17.0 Å². The first-order chi connectivity index (χ1) is 7.77. The second-order valence-electron chi connectivity index (χ2n) is 3.27. The van der Waals surface area contributed by atoms with E-state index in [1.807, 2.05) is 6.07 Å². The first-order valence-electron chi connectivity index (χ1n) is 4.62. The number of carbonyl (C=O) groups excluding carboxylic acids is 1. The molecule has 0 unspecified atom stereocenters. The molecule has 2 heterocycles. The third kappa shape index (κ3) is 2.21. The van der Waals surface area contributed by atoms with E-state index in [-0.39, 0.29) is 0 Å². The molecule has 1 aromatic rings. The lowest BCUT2D eigenvalue weighted by Crippen LogP contribution is -2.13. The molecule has 0 aromatic carbocycles. The van der Waals surface area contributed by atoms with Crippen LogP contribution in [0.3, 0.4) is 0 Å². The Kier molecular flexibility index (Phi) is 4.10. The van der Waals surface area contributed by atoms with Crippen LogP contribution in [0.1, 0.15) is 12.0 Å². The summed E-state index contributed by atoms with van der Waals surface area (Å²) in [4.78, 5) is 15.0. The lowest BCUT2D eigenvalue weighted by atomic mass is 10.1. The van der Waals surface area contributed by atoms with Crippen molar-refractivity contribution in [3.05, 3.63) is 29.6 Å². The van der Waals surface area contributed by atoms with Crippen LogP contribution in [0.25, 0.3) is 5.03 Å². The van der Waals surface area contributed by atoms with Crippen molar-refractivity contribution in [2.24, 2.45) is 0 Å². The number of halogens is 2. The number of aldehydes is 1. The van der Waals surface area contributed by atoms with Gasteiger partial charge in [-0.05, 0) is 12.5 Å². The summed E-state index contributed by atoms with van der Waals surface area (Å²) in [6.07, 6.45) is 4.93. The van der Waals surface area contributed by atoms with Crippen LogP contribution in [0.4, 0.5) is 5.69 Å². The first-order valence-corrected chi connectivity index (χ1v) is 8.31. The molecule has 0 aliphatic carbocycles. The van der Waals surface area contributed by atoms with Crippen LogP contribution in [-0.2, 0) is 4.79 Å². The normalized spacial score (nSPS) is 15.8. The van der Waals surface area contributed by atoms with Crippen molar-refractivity contribution in [2.75, 3.05) is 10.8 Å². The molecule has 1 aliphatic rings. The molecule has 0 fully saturated rings. The predicted molar refractivity (Wildman–Crippen MR) is 76.6 cm³/mol. The summed E-state index contributed by atoms with van der Waals surface area (Å²) >= 11 is 8.43. The van der Waals surface area contributed by atoms with Crippen molar-refractivity contribution in [1.82, 2.24) is 4.98 Å². The number of carbonyl (C=O) groups is 1. The molecule has 1 aromatic heterocycles. The van der Waals surface area contributed by atoms with Crippen molar-refractivity contribution in [1.29, 1.82) is 0 Å². The Morgan fingerprint density at radius 3 is 3.12 bits per heavy atom. The number of nitrogens with zero attached hydrogens (tertiary/aromatic N) is 2. The highest BCUT2D eigenvalue weighted by Gasteiger charge is 2.20. The second kappa shape index (κ2) is 5.37. The highest BCUT2D eigenvalue weighted by Crippen LogP contribution is 2.39. The summed E-state index contributed by atoms with van der Waals surface area (Å²) in [6, 6.07) is 1.91. The van der Waals surface area contributed by atoms with Crippen LogP contribution in [0.2, 0.25) is 0 Å². The van der Waals surface area contributed by atoms with Crippen molar-refractivity contribution in [3.8, 4) is 0 Å². The zero-order valence-electron chi connectivity index (χ0n) is 8.19. The fourth-order valence-corrected chi connectivity index (χ4v) is 3.49. The van der Waals surface area contributed by atoms with Crippen LogP contribution >= 0.6 is 41.9 Å². The molecule has 2 rings (SSSR count). The monoisotopic (exact) mass is 366 g/mol. The van der Waals surface area contributed by atoms with Crippen molar-refractivity contribution in [3.63, 3.8) is 0 Å². The Balaban J connectivity index is 2.57. The van der Waals surface area contributed by atoms with Gasteiger partial charge in [0.2, 0.25) is 0 Å². The maximum atomic E-state index is 10.9. The predicted octanol–water partition coefficient (Wildman–Crippen LogP) is 3.44. The minimum absolute atomic E-state index is 0.519. The SMILES string of the molecule is O=CC1=C(Cl)c2cnccc2N(SI)CC1. The topological polar surface area (TPSA) is 33.2 Å². The van der Waals surface area contributed by atoms with Gasteiger partial charge in [0.1, 0.15) is 6.29 Å². The van der Waals surface area contributed by atoms with Gasteiger partial charge >= 0.3 is 0 Å². The Bertz CT molecular complexity index is 452. The fraction of sp³-hybridized carbons (Fsp3) is 0.200. The van der Waals surface area contributed by atoms with Crippen molar-refractivity contribution < 1.29 is 4.79 Å². The van der Waals surface area contributed by atoms with E-state index in [9.17, 15) is 4.79 Å². The lowest BCUT2D eigenvalue weighted by molar-refractivity contribution is -0.104. The van der Waals surface area contributed by atoms with E-state index >= 15 is 0 Å². The summed E-state index contributed by atoms with van der Waals surface area (Å²) in [6.45, 7) is 0.773. The number of hydrogen-bond donors (Lipinski definition) is 0. The standard InChI is InChI=1S/C10H8ClIN2OS/c11-10-7(6-15)2-4-14(16-12)9-1-3-13-5-8(9)10/h1,3,5-6H,2,4H2. The van der Waals surface area contributed by atoms with E-state index in [4.69, 9.17) is 11.6 Å². The van der Waals surface area contributed by atoms with Gasteiger partial charge in [-0.25, -0.2) is 0 Å². The molecule has 0 saturated carbocycles. The molecule has 0 atom stereocenters. The highest BCUT2D eigenvalue weighted by atomic mass is 127. The highest BCUT2D eigenvalue weighted by molar-refractivity contribution is 14.2. The number of rotatable bonds is 2. The third-order valence-corrected chi connectivity index (χ3v) is 4.81. The molecule has 1 aliphatic heterocycles. The van der Waals surface area contributed by atoms with Gasteiger partial charge in [0.15, 0.2) is 0 Å². The molecular formula is C10H8ClIN2OS. The Labute approximate surface area is 115 Å². The minimum atomic E-state index is 0.519. The average molecular weight is 367 g/mol. The first kappa shape index (κ1) is 12.2. The smallest absolute Gasteiger partial charge is 0.147 e. The summed E-state index contributed by atoms with van der Waals surface area (Å²) in [5.41, 5.74) is 2.48. The summed E-state index contributed by atoms with van der Waals surface area (Å²) in [5, 5.41) is 0.519. The Morgan fingerprint density at radius 1 is 1.62 bits per heavy atom. The van der Waals surface area contributed by atoms with E-state index in [1.165, 1.54) is 0 Å². The fourth-order valence-electron chi connectivity index (χ4n) is 1.58. The molecule has 16 heavy (non-hydrogen) atoms. The molecule has 3 nitrogen and oxygen atoms in total. The zero-order valence-corrected chi connectivity index (χ0v) is 11.9. The molecule has 6 heteroatoms. The maximum absolute atomic E-state index is 10.9. The lowest BCUT2D eigenvalue weighted by Gasteiger charge is -2.19. The van der Waals surface area contributed by atoms with Gasteiger partial charge in [0.05, 0.1) is 10.7 Å². The maximum Gasteiger partial charge on any atom is 0.147 e. The van der Waals surface area contributed by atoms with E-state index in [1.54, 1.807) is 21.5 Å². The zero-order chi connectivity index (χ0) is 11.5. The number of hydrogen-bond acceptors (Lipinski definition) is 4. The van der Waals surface area contributed by atoms with Crippen LogP contribution in [0.15, 0.2) is 24.0 Å². The van der Waals surface area contributed by atoms with Gasteiger partial charge < -0.3 is 4.31 Å². The van der Waals surface area contributed by atoms with Crippen molar-refractivity contribution >= 4 is 58.9 Å². The number of anilines is 1. The van der Waals surface area contributed by atoms with Gasteiger partial charge in [-0.3, -0.25) is 9.78 Å². The Hall–Kier alpha value is -0.270. The van der Waals surface area contributed by atoms with Gasteiger partial charge in [-0.15, -0.1) is 0 Å². The van der Waals surface area contributed by atoms with Crippen molar-refractivity contribution in [2.45, 2.75) is 6.42 Å². The summed E-state index contributed by atoms with van der Waals surface area (Å²) in [5.74, 6) is 0. The van der Waals surface area contributed by atoms with Gasteiger partial charge in [-0.1, -0.05) is 11.6 Å². The van der Waals surface area contributed by atoms with E-state index in [0.717, 1.165) is 24.1 Å². The molecular weight excluding hydrogens is 359 g/mol. The second-order valence-corrected chi connectivity index (χ2v) is 5.41. The molecule has 0 spiro atoms. The van der Waals surface area contributed by atoms with Crippen LogP contribution in [-0.4, -0.2) is 17.8 Å². The number of fused-ring (bicyclic) bond motifs is 1. The van der Waals surface area contributed by atoms with Gasteiger partial charge in [0, 0.05) is 60.4 Å². The van der Waals surface area contributed by atoms with Crippen LogP contribution < -0.4 is 4.31 Å². The third-order valence-electron chi connectivity index (χ3n) is 2.39. The molecule has 0 amide bonds. The largest absolute Gasteiger partial charge is 0.307 e. The molecule has 84 valence electrons. The number of aromatic nitrogens is 1. The van der Waals surface area contributed by atoms with Gasteiger partial charge in [0.25, 0.3) is 0 Å². The quantitative estimate of drug-likeness (QED) is 0.456. The molecule has 0 saturated heterocycles. The molecule has 0 N–H and O–H groups in total. The van der Waals surface area contributed by atoms with E-state index < -0.39 is 0 Å². The number of pyridine rings is 1. The van der Waals surface area contributed by atoms with Gasteiger partial charge in [-0.2, -0.15) is 0 Å². The van der Waals surface area contributed by atoms with E-state index in [2.05, 4.69) is 30.5 Å². The minimum Gasteiger partial charge on any atom is -0.307 e. The van der Waals surface area contributed by atoms with Crippen LogP contribution in [0, 0.1) is 0 Å². The van der Waals surface area contributed by atoms with Crippen LogP contribution in [0.5, 0.6) is 0 Å². The summed E-state index contributed by atoms with van der Waals surface area (Å²) < 4.78 is 2.11.